The van der Waals surface area contributed by atoms with Crippen molar-refractivity contribution in [1.82, 2.24) is 4.90 Å². The number of alkyl halides is 1. The van der Waals surface area contributed by atoms with Crippen LogP contribution >= 0.6 is 43.2 Å². The lowest BCUT2D eigenvalue weighted by molar-refractivity contribution is 0.183. The molecule has 1 fully saturated rings. The third-order valence-corrected chi connectivity index (χ3v) is 5.25. The first kappa shape index (κ1) is 12.1. The summed E-state index contributed by atoms with van der Waals surface area (Å²) in [7, 11) is 0. The predicted molar refractivity (Wildman–Crippen MR) is 73.8 cm³/mol. The van der Waals surface area contributed by atoms with Gasteiger partial charge in [-0.2, -0.15) is 0 Å². The summed E-state index contributed by atoms with van der Waals surface area (Å²) in [5.74, 6) is 0.806. The van der Waals surface area contributed by atoms with Crippen molar-refractivity contribution in [3.05, 3.63) is 20.8 Å². The van der Waals surface area contributed by atoms with Gasteiger partial charge in [-0.05, 0) is 45.3 Å². The molecule has 0 amide bonds. The van der Waals surface area contributed by atoms with E-state index in [0.717, 1.165) is 12.5 Å². The van der Waals surface area contributed by atoms with E-state index in [1.807, 2.05) is 0 Å². The third kappa shape index (κ3) is 3.29. The van der Waals surface area contributed by atoms with Crippen LogP contribution in [-0.2, 0) is 6.54 Å². The molecule has 1 aromatic rings. The van der Waals surface area contributed by atoms with Gasteiger partial charge < -0.3 is 0 Å². The van der Waals surface area contributed by atoms with Gasteiger partial charge in [0, 0.05) is 24.5 Å². The molecule has 84 valence electrons. The van der Waals surface area contributed by atoms with Crippen molar-refractivity contribution in [3.63, 3.8) is 0 Å². The molecule has 0 bridgehead atoms. The van der Waals surface area contributed by atoms with Crippen LogP contribution in [0.3, 0.4) is 0 Å². The van der Waals surface area contributed by atoms with Gasteiger partial charge in [0.05, 0.1) is 3.79 Å². The number of nitrogens with zero attached hydrogens (tertiary/aromatic N) is 1. The van der Waals surface area contributed by atoms with E-state index >= 15 is 0 Å². The molecule has 1 saturated heterocycles. The van der Waals surface area contributed by atoms with Gasteiger partial charge in [0.1, 0.15) is 0 Å². The van der Waals surface area contributed by atoms with E-state index < -0.39 is 0 Å². The zero-order chi connectivity index (χ0) is 10.8. The normalized spacial score (nSPS) is 28.2. The fourth-order valence-electron chi connectivity index (χ4n) is 2.18. The van der Waals surface area contributed by atoms with Crippen LogP contribution in [0.15, 0.2) is 15.2 Å². The summed E-state index contributed by atoms with van der Waals surface area (Å²) in [6, 6.07) is 2.22. The van der Waals surface area contributed by atoms with E-state index in [-0.39, 0.29) is 0 Å². The van der Waals surface area contributed by atoms with Crippen LogP contribution in [0.2, 0.25) is 0 Å². The average Bonchev–Trinajstić information content (AvgIpc) is 2.50. The maximum Gasteiger partial charge on any atom is 0.0743 e. The lowest BCUT2D eigenvalue weighted by atomic mass is 10.00. The fourth-order valence-corrected chi connectivity index (χ4v) is 4.45. The highest BCUT2D eigenvalue weighted by molar-refractivity contribution is 9.11. The summed E-state index contributed by atoms with van der Waals surface area (Å²) in [5, 5.41) is 2.15. The highest BCUT2D eigenvalue weighted by Crippen LogP contribution is 2.28. The molecule has 2 unspecified atom stereocenters. The van der Waals surface area contributed by atoms with Crippen molar-refractivity contribution in [2.45, 2.75) is 24.7 Å². The number of halogens is 2. The second-order valence-corrected chi connectivity index (χ2v) is 7.88. The molecular formula is C11H15Br2NS. The van der Waals surface area contributed by atoms with Crippen molar-refractivity contribution in [1.29, 1.82) is 0 Å². The topological polar surface area (TPSA) is 3.24 Å². The van der Waals surface area contributed by atoms with E-state index in [9.17, 15) is 0 Å². The van der Waals surface area contributed by atoms with Crippen LogP contribution in [0.5, 0.6) is 0 Å². The summed E-state index contributed by atoms with van der Waals surface area (Å²) >= 11 is 9.12. The van der Waals surface area contributed by atoms with Gasteiger partial charge in [0.2, 0.25) is 0 Å². The maximum absolute atomic E-state index is 3.74. The van der Waals surface area contributed by atoms with E-state index in [4.69, 9.17) is 0 Å². The van der Waals surface area contributed by atoms with Crippen LogP contribution in [0, 0.1) is 5.92 Å². The third-order valence-electron chi connectivity index (χ3n) is 2.77. The summed E-state index contributed by atoms with van der Waals surface area (Å²) in [5.41, 5.74) is 1.42. The minimum atomic E-state index is 0.665. The Labute approximate surface area is 112 Å². The first-order valence-corrected chi connectivity index (χ1v) is 7.82. The Kier molecular flexibility index (Phi) is 4.27. The zero-order valence-electron chi connectivity index (χ0n) is 8.75. The van der Waals surface area contributed by atoms with Crippen LogP contribution < -0.4 is 0 Å². The van der Waals surface area contributed by atoms with Crippen molar-refractivity contribution in [3.8, 4) is 0 Å². The molecule has 0 N–H and O–H groups in total. The molecule has 2 atom stereocenters. The lowest BCUT2D eigenvalue weighted by Crippen LogP contribution is -2.39. The summed E-state index contributed by atoms with van der Waals surface area (Å²) in [4.78, 5) is 3.21. The van der Waals surface area contributed by atoms with E-state index in [2.05, 4.69) is 55.1 Å². The van der Waals surface area contributed by atoms with Gasteiger partial charge in [-0.25, -0.2) is 0 Å². The number of hydrogen-bond donors (Lipinski definition) is 0. The Morgan fingerprint density at radius 2 is 2.33 bits per heavy atom. The van der Waals surface area contributed by atoms with E-state index in [1.165, 1.54) is 28.9 Å². The minimum absolute atomic E-state index is 0.665. The number of thiophene rings is 1. The molecule has 1 aromatic heterocycles. The van der Waals surface area contributed by atoms with Gasteiger partial charge in [0.15, 0.2) is 0 Å². The standard InChI is InChI=1S/C11H15Br2NS/c1-8-4-10(12)7-14(5-8)6-9-2-3-15-11(9)13/h2-3,8,10H,4-7H2,1H3. The highest BCUT2D eigenvalue weighted by atomic mass is 79.9. The Hall–Kier alpha value is 0.620. The molecule has 0 radical (unpaired) electrons. The van der Waals surface area contributed by atoms with Crippen LogP contribution in [0.4, 0.5) is 0 Å². The molecule has 1 aliphatic rings. The molecule has 15 heavy (non-hydrogen) atoms. The van der Waals surface area contributed by atoms with Crippen molar-refractivity contribution in [2.24, 2.45) is 5.92 Å². The van der Waals surface area contributed by atoms with Crippen LogP contribution in [0.25, 0.3) is 0 Å². The predicted octanol–water partition coefficient (Wildman–Crippen LogP) is 4.12. The average molecular weight is 353 g/mol. The lowest BCUT2D eigenvalue weighted by Gasteiger charge is -2.33. The summed E-state index contributed by atoms with van der Waals surface area (Å²) in [6.45, 7) is 5.82. The molecule has 0 aliphatic carbocycles. The van der Waals surface area contributed by atoms with Crippen LogP contribution in [-0.4, -0.2) is 22.8 Å². The summed E-state index contributed by atoms with van der Waals surface area (Å²) in [6.07, 6.45) is 1.31. The van der Waals surface area contributed by atoms with Gasteiger partial charge in [-0.3, -0.25) is 4.90 Å². The molecule has 4 heteroatoms. The molecular weight excluding hydrogens is 338 g/mol. The number of likely N-dealkylation sites (tertiary alicyclic amines) is 1. The van der Waals surface area contributed by atoms with Crippen molar-refractivity contribution in [2.75, 3.05) is 13.1 Å². The fraction of sp³-hybridized carbons (Fsp3) is 0.636. The maximum atomic E-state index is 3.74. The number of rotatable bonds is 2. The zero-order valence-corrected chi connectivity index (χ0v) is 12.7. The van der Waals surface area contributed by atoms with Gasteiger partial charge >= 0.3 is 0 Å². The first-order chi connectivity index (χ1) is 7.15. The van der Waals surface area contributed by atoms with Crippen molar-refractivity contribution < 1.29 is 0 Å². The molecule has 2 heterocycles. The van der Waals surface area contributed by atoms with Gasteiger partial charge in [-0.15, -0.1) is 11.3 Å². The smallest absolute Gasteiger partial charge is 0.0743 e. The highest BCUT2D eigenvalue weighted by Gasteiger charge is 2.23. The largest absolute Gasteiger partial charge is 0.298 e. The second-order valence-electron chi connectivity index (χ2n) is 4.35. The Bertz CT molecular complexity index is 316. The first-order valence-electron chi connectivity index (χ1n) is 5.23. The number of piperidine rings is 1. The quantitative estimate of drug-likeness (QED) is 0.724. The molecule has 0 aromatic carbocycles. The van der Waals surface area contributed by atoms with E-state index in [1.54, 1.807) is 11.3 Å². The monoisotopic (exact) mass is 351 g/mol. The molecule has 1 nitrogen and oxygen atoms in total. The van der Waals surface area contributed by atoms with Crippen LogP contribution in [0.1, 0.15) is 18.9 Å². The molecule has 0 spiro atoms. The molecule has 1 aliphatic heterocycles. The molecule has 0 saturated carbocycles. The Morgan fingerprint density at radius 1 is 1.53 bits per heavy atom. The van der Waals surface area contributed by atoms with Gasteiger partial charge in [0.25, 0.3) is 0 Å². The second kappa shape index (κ2) is 5.30. The minimum Gasteiger partial charge on any atom is -0.298 e. The van der Waals surface area contributed by atoms with Crippen molar-refractivity contribution >= 4 is 43.2 Å². The van der Waals surface area contributed by atoms with E-state index in [0.29, 0.717) is 4.83 Å². The van der Waals surface area contributed by atoms with Gasteiger partial charge in [-0.1, -0.05) is 22.9 Å². The number of hydrogen-bond acceptors (Lipinski definition) is 2. The molecule has 2 rings (SSSR count). The Morgan fingerprint density at radius 3 is 2.93 bits per heavy atom. The Balaban J connectivity index is 1.97. The SMILES string of the molecule is CC1CC(Br)CN(Cc2ccsc2Br)C1. The summed E-state index contributed by atoms with van der Waals surface area (Å²) < 4.78 is 1.28.